The van der Waals surface area contributed by atoms with Crippen molar-refractivity contribution in [3.63, 3.8) is 0 Å². The maximum atomic E-state index is 5.05. The minimum atomic E-state index is 0.588. The molecule has 1 aliphatic heterocycles. The molecular weight excluding hydrogens is 242 g/mol. The van der Waals surface area contributed by atoms with Crippen molar-refractivity contribution in [2.24, 2.45) is 0 Å². The number of nitrogens with zero attached hydrogens (tertiary/aromatic N) is 2. The molecule has 2 aromatic rings. The van der Waals surface area contributed by atoms with Crippen LogP contribution in [0.25, 0.3) is 0 Å². The molecule has 0 unspecified atom stereocenters. The molecule has 18 heavy (non-hydrogen) atoms. The molecule has 1 aliphatic rings. The molecule has 0 amide bonds. The number of aromatic amines is 1. The molecular formula is C14H15N3S. The maximum absolute atomic E-state index is 5.05. The molecule has 0 bridgehead atoms. The first kappa shape index (κ1) is 11.6. The van der Waals surface area contributed by atoms with Gasteiger partial charge >= 0.3 is 0 Å². The first-order chi connectivity index (χ1) is 8.81. The first-order valence-electron chi connectivity index (χ1n) is 6.14. The van der Waals surface area contributed by atoms with Crippen LogP contribution in [0.4, 0.5) is 0 Å². The van der Waals surface area contributed by atoms with Crippen molar-refractivity contribution in [3.8, 4) is 0 Å². The second kappa shape index (κ2) is 5.00. The third kappa shape index (κ3) is 2.49. The maximum Gasteiger partial charge on any atom is 0.196 e. The van der Waals surface area contributed by atoms with E-state index in [1.807, 2.05) is 6.20 Å². The average molecular weight is 257 g/mol. The van der Waals surface area contributed by atoms with Crippen LogP contribution in [-0.2, 0) is 19.5 Å². The number of hydrogen-bond acceptors (Lipinski definition) is 3. The first-order valence-corrected chi connectivity index (χ1v) is 6.55. The minimum Gasteiger partial charge on any atom is -0.334 e. The Kier molecular flexibility index (Phi) is 3.21. The molecule has 0 fully saturated rings. The summed E-state index contributed by atoms with van der Waals surface area (Å²) in [6.45, 7) is 3.01. The summed E-state index contributed by atoms with van der Waals surface area (Å²) in [7, 11) is 0. The highest BCUT2D eigenvalue weighted by molar-refractivity contribution is 7.71. The van der Waals surface area contributed by atoms with Crippen molar-refractivity contribution in [1.29, 1.82) is 0 Å². The van der Waals surface area contributed by atoms with Gasteiger partial charge in [0.2, 0.25) is 0 Å². The second-order valence-electron chi connectivity index (χ2n) is 4.64. The lowest BCUT2D eigenvalue weighted by atomic mass is 10.1. The monoisotopic (exact) mass is 257 g/mol. The van der Waals surface area contributed by atoms with Crippen LogP contribution in [0.2, 0.25) is 0 Å². The third-order valence-electron chi connectivity index (χ3n) is 3.30. The number of aromatic nitrogens is 2. The molecule has 0 aliphatic carbocycles. The summed E-state index contributed by atoms with van der Waals surface area (Å²) in [5, 5.41) is 0. The van der Waals surface area contributed by atoms with Gasteiger partial charge in [0, 0.05) is 43.5 Å². The molecule has 1 N–H and O–H groups in total. The van der Waals surface area contributed by atoms with E-state index >= 15 is 0 Å². The Balaban J connectivity index is 1.75. The lowest BCUT2D eigenvalue weighted by Crippen LogP contribution is -2.30. The van der Waals surface area contributed by atoms with Crippen LogP contribution in [0.3, 0.4) is 0 Å². The number of rotatable bonds is 2. The summed E-state index contributed by atoms with van der Waals surface area (Å²) >= 11 is 5.05. The highest BCUT2D eigenvalue weighted by Gasteiger charge is 2.16. The van der Waals surface area contributed by atoms with E-state index < -0.39 is 0 Å². The van der Waals surface area contributed by atoms with Gasteiger partial charge in [-0.1, -0.05) is 30.3 Å². The van der Waals surface area contributed by atoms with Crippen LogP contribution in [0.1, 0.15) is 16.8 Å². The van der Waals surface area contributed by atoms with Gasteiger partial charge in [-0.3, -0.25) is 4.90 Å². The predicted octanol–water partition coefficient (Wildman–Crippen LogP) is 2.70. The van der Waals surface area contributed by atoms with Crippen LogP contribution in [0.5, 0.6) is 0 Å². The zero-order valence-corrected chi connectivity index (χ0v) is 10.9. The summed E-state index contributed by atoms with van der Waals surface area (Å²) in [6.07, 6.45) is 2.93. The fraction of sp³-hybridized carbons (Fsp3) is 0.286. The summed E-state index contributed by atoms with van der Waals surface area (Å²) in [5.41, 5.74) is 3.88. The highest BCUT2D eigenvalue weighted by Crippen LogP contribution is 2.17. The Bertz CT molecular complexity index is 591. The third-order valence-corrected chi connectivity index (χ3v) is 3.51. The van der Waals surface area contributed by atoms with Gasteiger partial charge in [-0.25, -0.2) is 4.98 Å². The van der Waals surface area contributed by atoms with Gasteiger partial charge in [-0.15, -0.1) is 0 Å². The van der Waals surface area contributed by atoms with Gasteiger partial charge in [0.1, 0.15) is 0 Å². The fourth-order valence-electron chi connectivity index (χ4n) is 2.38. The van der Waals surface area contributed by atoms with Crippen LogP contribution in [0.15, 0.2) is 36.5 Å². The molecule has 1 aromatic heterocycles. The summed E-state index contributed by atoms with van der Waals surface area (Å²) in [6, 6.07) is 10.6. The van der Waals surface area contributed by atoms with E-state index in [-0.39, 0.29) is 0 Å². The highest BCUT2D eigenvalue weighted by atomic mass is 32.1. The normalized spacial score (nSPS) is 15.3. The SMILES string of the molecule is S=c1ncc2c([nH]1)CCN(Cc1ccccc1)C2. The minimum absolute atomic E-state index is 0.588. The number of nitrogens with one attached hydrogen (secondary N) is 1. The fourth-order valence-corrected chi connectivity index (χ4v) is 2.56. The summed E-state index contributed by atoms with van der Waals surface area (Å²) in [4.78, 5) is 9.80. The number of fused-ring (bicyclic) bond motifs is 1. The number of H-pyrrole nitrogens is 1. The van der Waals surface area contributed by atoms with E-state index in [1.165, 1.54) is 16.8 Å². The molecule has 92 valence electrons. The Morgan fingerprint density at radius 2 is 2.11 bits per heavy atom. The Morgan fingerprint density at radius 3 is 2.94 bits per heavy atom. The molecule has 0 saturated carbocycles. The summed E-state index contributed by atoms with van der Waals surface area (Å²) < 4.78 is 0.588. The molecule has 1 aromatic carbocycles. The van der Waals surface area contributed by atoms with Crippen molar-refractivity contribution in [2.75, 3.05) is 6.54 Å². The Morgan fingerprint density at radius 1 is 1.28 bits per heavy atom. The summed E-state index contributed by atoms with van der Waals surface area (Å²) in [5.74, 6) is 0. The predicted molar refractivity (Wildman–Crippen MR) is 73.7 cm³/mol. The standard InChI is InChI=1S/C14H15N3S/c18-14-15-8-12-10-17(7-6-13(12)16-14)9-11-4-2-1-3-5-11/h1-5,8H,6-7,9-10H2,(H,15,16,18). The lowest BCUT2D eigenvalue weighted by molar-refractivity contribution is 0.242. The van der Waals surface area contributed by atoms with Crippen LogP contribution < -0.4 is 0 Å². The lowest BCUT2D eigenvalue weighted by Gasteiger charge is -2.28. The van der Waals surface area contributed by atoms with Crippen molar-refractivity contribution < 1.29 is 0 Å². The van der Waals surface area contributed by atoms with Gasteiger partial charge in [-0.2, -0.15) is 0 Å². The van der Waals surface area contributed by atoms with Crippen LogP contribution in [-0.4, -0.2) is 21.4 Å². The topological polar surface area (TPSA) is 31.9 Å². The quantitative estimate of drug-likeness (QED) is 0.839. The molecule has 3 nitrogen and oxygen atoms in total. The molecule has 0 saturated heterocycles. The zero-order valence-electron chi connectivity index (χ0n) is 10.1. The van der Waals surface area contributed by atoms with Crippen LogP contribution in [0, 0.1) is 4.77 Å². The van der Waals surface area contributed by atoms with Gasteiger partial charge < -0.3 is 4.98 Å². The van der Waals surface area contributed by atoms with E-state index in [4.69, 9.17) is 12.2 Å². The number of hydrogen-bond donors (Lipinski definition) is 1. The molecule has 0 atom stereocenters. The largest absolute Gasteiger partial charge is 0.334 e. The Hall–Kier alpha value is -1.52. The van der Waals surface area contributed by atoms with E-state index in [0.717, 1.165) is 26.1 Å². The van der Waals surface area contributed by atoms with E-state index in [1.54, 1.807) is 0 Å². The molecule has 4 heteroatoms. The van der Waals surface area contributed by atoms with Gasteiger partial charge in [-0.05, 0) is 17.8 Å². The average Bonchev–Trinajstić information content (AvgIpc) is 2.40. The van der Waals surface area contributed by atoms with Crippen molar-refractivity contribution in [1.82, 2.24) is 14.9 Å². The van der Waals surface area contributed by atoms with Crippen molar-refractivity contribution in [3.05, 3.63) is 58.1 Å². The molecule has 2 heterocycles. The van der Waals surface area contributed by atoms with Gasteiger partial charge in [0.25, 0.3) is 0 Å². The van der Waals surface area contributed by atoms with Crippen molar-refractivity contribution in [2.45, 2.75) is 19.5 Å². The van der Waals surface area contributed by atoms with E-state index in [0.29, 0.717) is 4.77 Å². The van der Waals surface area contributed by atoms with Gasteiger partial charge in [0.05, 0.1) is 0 Å². The van der Waals surface area contributed by atoms with Crippen molar-refractivity contribution >= 4 is 12.2 Å². The van der Waals surface area contributed by atoms with E-state index in [2.05, 4.69) is 45.2 Å². The van der Waals surface area contributed by atoms with E-state index in [9.17, 15) is 0 Å². The van der Waals surface area contributed by atoms with Crippen LogP contribution >= 0.6 is 12.2 Å². The smallest absolute Gasteiger partial charge is 0.196 e. The molecule has 0 radical (unpaired) electrons. The molecule has 0 spiro atoms. The molecule has 3 rings (SSSR count). The number of benzene rings is 1. The van der Waals surface area contributed by atoms with Gasteiger partial charge in [0.15, 0.2) is 4.77 Å². The Labute approximate surface area is 112 Å². The second-order valence-corrected chi connectivity index (χ2v) is 5.03. The zero-order chi connectivity index (χ0) is 12.4.